The first kappa shape index (κ1) is 11.9. The number of rotatable bonds is 4. The summed E-state index contributed by atoms with van der Waals surface area (Å²) in [5.41, 5.74) is 0.424. The monoisotopic (exact) mass is 234 g/mol. The van der Waals surface area contributed by atoms with Gasteiger partial charge in [-0.05, 0) is 30.4 Å². The molecule has 17 heavy (non-hydrogen) atoms. The van der Waals surface area contributed by atoms with Gasteiger partial charge >= 0.3 is 5.97 Å². The molecule has 0 unspecified atom stereocenters. The van der Waals surface area contributed by atoms with Crippen LogP contribution >= 0.6 is 0 Å². The molecule has 92 valence electrons. The Balaban J connectivity index is 1.99. The van der Waals surface area contributed by atoms with Crippen LogP contribution in [-0.4, -0.2) is 22.6 Å². The molecule has 4 nitrogen and oxygen atoms in total. The maximum absolute atomic E-state index is 10.8. The first-order chi connectivity index (χ1) is 8.09. The first-order valence-electron chi connectivity index (χ1n) is 6.03. The van der Waals surface area contributed by atoms with Crippen LogP contribution in [0, 0.1) is 5.41 Å². The van der Waals surface area contributed by atoms with Crippen molar-refractivity contribution in [2.45, 2.75) is 32.6 Å². The standard InChI is InChI=1S/C13H18N2O2/c1-13(7-2-3-8-13)9-14-11-6-4-5-10(15-11)12(16)17/h4-6H,2-3,7-9H2,1H3,(H,14,15)(H,16,17). The van der Waals surface area contributed by atoms with Gasteiger partial charge in [0.15, 0.2) is 5.69 Å². The number of pyridine rings is 1. The van der Waals surface area contributed by atoms with Crippen LogP contribution in [0.4, 0.5) is 5.82 Å². The van der Waals surface area contributed by atoms with E-state index in [0.29, 0.717) is 11.2 Å². The number of anilines is 1. The third kappa shape index (κ3) is 2.96. The van der Waals surface area contributed by atoms with Crippen LogP contribution in [0.1, 0.15) is 43.1 Å². The van der Waals surface area contributed by atoms with Crippen LogP contribution in [0.3, 0.4) is 0 Å². The number of aromatic carboxylic acids is 1. The molecule has 0 saturated heterocycles. The molecule has 1 heterocycles. The van der Waals surface area contributed by atoms with E-state index < -0.39 is 5.97 Å². The average molecular weight is 234 g/mol. The fourth-order valence-corrected chi connectivity index (χ4v) is 2.36. The van der Waals surface area contributed by atoms with Crippen LogP contribution in [0.5, 0.6) is 0 Å². The Morgan fingerprint density at radius 3 is 2.82 bits per heavy atom. The van der Waals surface area contributed by atoms with E-state index in [-0.39, 0.29) is 5.69 Å². The molecular formula is C13H18N2O2. The Labute approximate surface area is 101 Å². The summed E-state index contributed by atoms with van der Waals surface area (Å²) in [5, 5.41) is 12.1. The fraction of sp³-hybridized carbons (Fsp3) is 0.538. The number of carboxylic acids is 1. The minimum atomic E-state index is -0.985. The van der Waals surface area contributed by atoms with Gasteiger partial charge in [0.25, 0.3) is 0 Å². The molecule has 1 fully saturated rings. The molecule has 2 N–H and O–H groups in total. The van der Waals surface area contributed by atoms with Gasteiger partial charge in [-0.3, -0.25) is 0 Å². The number of carboxylic acid groups (broad SMARTS) is 1. The summed E-state index contributed by atoms with van der Waals surface area (Å²) < 4.78 is 0. The van der Waals surface area contributed by atoms with Gasteiger partial charge < -0.3 is 10.4 Å². The summed E-state index contributed by atoms with van der Waals surface area (Å²) in [6.45, 7) is 3.14. The molecule has 0 bridgehead atoms. The molecule has 1 saturated carbocycles. The Hall–Kier alpha value is -1.58. The number of nitrogens with one attached hydrogen (secondary N) is 1. The van der Waals surface area contributed by atoms with Gasteiger partial charge in [-0.25, -0.2) is 9.78 Å². The van der Waals surface area contributed by atoms with Crippen molar-refractivity contribution >= 4 is 11.8 Å². The normalized spacial score (nSPS) is 17.9. The fourth-order valence-electron chi connectivity index (χ4n) is 2.36. The topological polar surface area (TPSA) is 62.2 Å². The first-order valence-corrected chi connectivity index (χ1v) is 6.03. The predicted octanol–water partition coefficient (Wildman–Crippen LogP) is 2.77. The third-order valence-corrected chi connectivity index (χ3v) is 3.48. The molecule has 0 aromatic carbocycles. The van der Waals surface area contributed by atoms with Gasteiger partial charge in [-0.1, -0.05) is 25.8 Å². The average Bonchev–Trinajstić information content (AvgIpc) is 2.75. The zero-order valence-corrected chi connectivity index (χ0v) is 10.1. The highest BCUT2D eigenvalue weighted by Gasteiger charge is 2.28. The molecule has 4 heteroatoms. The largest absolute Gasteiger partial charge is 0.477 e. The van der Waals surface area contributed by atoms with Crippen molar-refractivity contribution in [3.8, 4) is 0 Å². The van der Waals surface area contributed by atoms with Gasteiger partial charge in [-0.2, -0.15) is 0 Å². The molecular weight excluding hydrogens is 216 g/mol. The number of hydrogen-bond acceptors (Lipinski definition) is 3. The Morgan fingerprint density at radius 1 is 1.47 bits per heavy atom. The maximum Gasteiger partial charge on any atom is 0.354 e. The van der Waals surface area contributed by atoms with Crippen molar-refractivity contribution in [1.29, 1.82) is 0 Å². The van der Waals surface area contributed by atoms with E-state index in [1.165, 1.54) is 31.7 Å². The zero-order chi connectivity index (χ0) is 12.3. The highest BCUT2D eigenvalue weighted by atomic mass is 16.4. The summed E-state index contributed by atoms with van der Waals surface area (Å²) in [5.74, 6) is -0.334. The number of hydrogen-bond donors (Lipinski definition) is 2. The molecule has 0 atom stereocenters. The Kier molecular flexibility index (Phi) is 3.31. The molecule has 1 aromatic heterocycles. The van der Waals surface area contributed by atoms with E-state index in [9.17, 15) is 4.79 Å². The lowest BCUT2D eigenvalue weighted by atomic mass is 9.89. The molecule has 0 aliphatic heterocycles. The SMILES string of the molecule is CC1(CNc2cccc(C(=O)O)n2)CCCC1. The summed E-state index contributed by atoms with van der Waals surface area (Å²) in [4.78, 5) is 14.8. The highest BCUT2D eigenvalue weighted by molar-refractivity contribution is 5.85. The molecule has 0 amide bonds. The quantitative estimate of drug-likeness (QED) is 0.840. The van der Waals surface area contributed by atoms with E-state index in [0.717, 1.165) is 6.54 Å². The molecule has 1 aromatic rings. The van der Waals surface area contributed by atoms with Gasteiger partial charge in [0, 0.05) is 6.54 Å². The van der Waals surface area contributed by atoms with E-state index in [1.807, 2.05) is 6.07 Å². The molecule has 1 aliphatic rings. The molecule has 2 rings (SSSR count). The van der Waals surface area contributed by atoms with Crippen molar-refractivity contribution in [1.82, 2.24) is 4.98 Å². The minimum absolute atomic E-state index is 0.0894. The van der Waals surface area contributed by atoms with Gasteiger partial charge in [0.1, 0.15) is 5.82 Å². The van der Waals surface area contributed by atoms with Crippen LogP contribution in [0.25, 0.3) is 0 Å². The minimum Gasteiger partial charge on any atom is -0.477 e. The Bertz CT molecular complexity index is 412. The number of aromatic nitrogens is 1. The van der Waals surface area contributed by atoms with E-state index in [1.54, 1.807) is 6.07 Å². The van der Waals surface area contributed by atoms with Gasteiger partial charge in [-0.15, -0.1) is 0 Å². The van der Waals surface area contributed by atoms with Gasteiger partial charge in [0.2, 0.25) is 0 Å². The lowest BCUT2D eigenvalue weighted by Crippen LogP contribution is -2.23. The van der Waals surface area contributed by atoms with E-state index in [4.69, 9.17) is 5.11 Å². The molecule has 0 radical (unpaired) electrons. The van der Waals surface area contributed by atoms with Crippen molar-refractivity contribution in [3.63, 3.8) is 0 Å². The molecule has 1 aliphatic carbocycles. The number of nitrogens with zero attached hydrogens (tertiary/aromatic N) is 1. The Morgan fingerprint density at radius 2 is 2.18 bits per heavy atom. The van der Waals surface area contributed by atoms with Gasteiger partial charge in [0.05, 0.1) is 0 Å². The second kappa shape index (κ2) is 4.73. The van der Waals surface area contributed by atoms with Crippen LogP contribution in [-0.2, 0) is 0 Å². The summed E-state index contributed by atoms with van der Waals surface area (Å²) in [6.07, 6.45) is 5.05. The maximum atomic E-state index is 10.8. The summed E-state index contributed by atoms with van der Waals surface area (Å²) in [6, 6.07) is 5.03. The second-order valence-electron chi connectivity index (χ2n) is 5.08. The summed E-state index contributed by atoms with van der Waals surface area (Å²) >= 11 is 0. The van der Waals surface area contributed by atoms with Crippen molar-refractivity contribution in [3.05, 3.63) is 23.9 Å². The highest BCUT2D eigenvalue weighted by Crippen LogP contribution is 2.37. The van der Waals surface area contributed by atoms with Crippen molar-refractivity contribution < 1.29 is 9.90 Å². The van der Waals surface area contributed by atoms with Crippen LogP contribution in [0.15, 0.2) is 18.2 Å². The second-order valence-corrected chi connectivity index (χ2v) is 5.08. The van der Waals surface area contributed by atoms with Crippen molar-refractivity contribution in [2.75, 3.05) is 11.9 Å². The van der Waals surface area contributed by atoms with Crippen LogP contribution < -0.4 is 5.32 Å². The lowest BCUT2D eigenvalue weighted by molar-refractivity contribution is 0.0690. The third-order valence-electron chi connectivity index (χ3n) is 3.48. The summed E-state index contributed by atoms with van der Waals surface area (Å²) in [7, 11) is 0. The number of carbonyl (C=O) groups is 1. The molecule has 0 spiro atoms. The lowest BCUT2D eigenvalue weighted by Gasteiger charge is -2.24. The predicted molar refractivity (Wildman–Crippen MR) is 66.3 cm³/mol. The zero-order valence-electron chi connectivity index (χ0n) is 10.1. The smallest absolute Gasteiger partial charge is 0.354 e. The van der Waals surface area contributed by atoms with E-state index >= 15 is 0 Å². The van der Waals surface area contributed by atoms with Crippen LogP contribution in [0.2, 0.25) is 0 Å². The van der Waals surface area contributed by atoms with E-state index in [2.05, 4.69) is 17.2 Å². The van der Waals surface area contributed by atoms with Crippen molar-refractivity contribution in [2.24, 2.45) is 5.41 Å².